The van der Waals surface area contributed by atoms with Crippen LogP contribution in [0.25, 0.3) is 0 Å². The van der Waals surface area contributed by atoms with Crippen LogP contribution in [0.1, 0.15) is 18.6 Å². The van der Waals surface area contributed by atoms with Crippen molar-refractivity contribution in [1.29, 1.82) is 0 Å². The summed E-state index contributed by atoms with van der Waals surface area (Å²) >= 11 is 0. The van der Waals surface area contributed by atoms with E-state index in [1.165, 1.54) is 19.2 Å². The number of benzene rings is 1. The predicted molar refractivity (Wildman–Crippen MR) is 77.3 cm³/mol. The van der Waals surface area contributed by atoms with E-state index in [0.717, 1.165) is 0 Å². The summed E-state index contributed by atoms with van der Waals surface area (Å²) in [6.45, 7) is 1.88. The highest BCUT2D eigenvalue weighted by molar-refractivity contribution is 7.89. The fraction of sp³-hybridized carbons (Fsp3) is 0.308. The van der Waals surface area contributed by atoms with Crippen LogP contribution in [0.3, 0.4) is 0 Å². The van der Waals surface area contributed by atoms with Crippen molar-refractivity contribution in [2.75, 3.05) is 12.8 Å². The maximum atomic E-state index is 12.3. The zero-order chi connectivity index (χ0) is 15.5. The number of hydrogen-bond donors (Lipinski definition) is 2. The number of nitrogens with two attached hydrogens (primary N) is 1. The molecule has 0 atom stereocenters. The molecule has 0 aliphatic rings. The Bertz CT molecular complexity index is 725. The van der Waals surface area contributed by atoms with Crippen LogP contribution < -0.4 is 15.2 Å². The van der Waals surface area contributed by atoms with Crippen molar-refractivity contribution in [2.24, 2.45) is 0 Å². The monoisotopic (exact) mass is 311 g/mol. The average Bonchev–Trinajstić information content (AvgIpc) is 2.93. The molecule has 0 aliphatic carbocycles. The van der Waals surface area contributed by atoms with E-state index >= 15 is 0 Å². The molecule has 1 aromatic carbocycles. The van der Waals surface area contributed by atoms with Gasteiger partial charge < -0.3 is 14.9 Å². The van der Waals surface area contributed by atoms with Gasteiger partial charge in [-0.15, -0.1) is 0 Å². The number of aryl methyl sites for hydroxylation is 1. The maximum Gasteiger partial charge on any atom is 0.244 e. The molecule has 114 valence electrons. The minimum atomic E-state index is -3.78. The summed E-state index contributed by atoms with van der Waals surface area (Å²) in [6, 6.07) is 4.41. The Morgan fingerprint density at radius 2 is 2.19 bits per heavy atom. The number of hydrogen-bond acceptors (Lipinski definition) is 6. The van der Waals surface area contributed by atoms with E-state index in [9.17, 15) is 8.42 Å². The van der Waals surface area contributed by atoms with Crippen LogP contribution in [0.2, 0.25) is 0 Å². The first-order valence-corrected chi connectivity index (χ1v) is 7.81. The van der Waals surface area contributed by atoms with Crippen LogP contribution in [0.15, 0.2) is 33.7 Å². The zero-order valence-electron chi connectivity index (χ0n) is 11.8. The van der Waals surface area contributed by atoms with Crippen LogP contribution in [0.4, 0.5) is 5.69 Å². The number of rotatable bonds is 6. The van der Waals surface area contributed by atoms with E-state index < -0.39 is 10.0 Å². The normalized spacial score (nSPS) is 11.5. The number of sulfonamides is 1. The molecule has 3 N–H and O–H groups in total. The van der Waals surface area contributed by atoms with Crippen molar-refractivity contribution in [2.45, 2.75) is 24.8 Å². The van der Waals surface area contributed by atoms with Crippen LogP contribution in [-0.4, -0.2) is 20.5 Å². The summed E-state index contributed by atoms with van der Waals surface area (Å²) in [5, 5.41) is 0. The first kappa shape index (κ1) is 15.3. The third kappa shape index (κ3) is 3.53. The lowest BCUT2D eigenvalue weighted by Crippen LogP contribution is -2.24. The summed E-state index contributed by atoms with van der Waals surface area (Å²) in [7, 11) is -2.38. The Morgan fingerprint density at radius 3 is 2.81 bits per heavy atom. The summed E-state index contributed by atoms with van der Waals surface area (Å²) in [5.41, 5.74) is 5.96. The zero-order valence-corrected chi connectivity index (χ0v) is 12.6. The molecule has 0 unspecified atom stereocenters. The molecule has 0 spiro atoms. The van der Waals surface area contributed by atoms with Gasteiger partial charge in [-0.3, -0.25) is 0 Å². The highest BCUT2D eigenvalue weighted by atomic mass is 32.2. The predicted octanol–water partition coefficient (Wildman–Crippen LogP) is 1.31. The summed E-state index contributed by atoms with van der Waals surface area (Å²) < 4.78 is 37.4. The van der Waals surface area contributed by atoms with Gasteiger partial charge in [0, 0.05) is 12.1 Å². The van der Waals surface area contributed by atoms with Crippen LogP contribution in [-0.2, 0) is 23.0 Å². The molecule has 1 aromatic heterocycles. The molecule has 2 aromatic rings. The minimum Gasteiger partial charge on any atom is -0.495 e. The summed E-state index contributed by atoms with van der Waals surface area (Å²) in [4.78, 5) is 3.97. The van der Waals surface area contributed by atoms with Crippen molar-refractivity contribution in [3.8, 4) is 5.75 Å². The number of methoxy groups -OCH3 is 1. The smallest absolute Gasteiger partial charge is 0.244 e. The second-order valence-corrected chi connectivity index (χ2v) is 6.04. The molecule has 0 radical (unpaired) electrons. The fourth-order valence-electron chi connectivity index (χ4n) is 1.73. The molecule has 2 rings (SSSR count). The van der Waals surface area contributed by atoms with E-state index in [0.29, 0.717) is 23.8 Å². The van der Waals surface area contributed by atoms with Gasteiger partial charge in [-0.05, 0) is 18.2 Å². The molecular weight excluding hydrogens is 294 g/mol. The van der Waals surface area contributed by atoms with E-state index in [4.69, 9.17) is 14.9 Å². The van der Waals surface area contributed by atoms with Crippen LogP contribution >= 0.6 is 0 Å². The highest BCUT2D eigenvalue weighted by Crippen LogP contribution is 2.25. The minimum absolute atomic E-state index is 0.0210. The molecule has 21 heavy (non-hydrogen) atoms. The van der Waals surface area contributed by atoms with Crippen molar-refractivity contribution >= 4 is 15.7 Å². The van der Waals surface area contributed by atoms with Crippen molar-refractivity contribution < 1.29 is 17.6 Å². The topological polar surface area (TPSA) is 107 Å². The molecule has 1 heterocycles. The number of anilines is 1. The maximum absolute atomic E-state index is 12.3. The third-order valence-corrected chi connectivity index (χ3v) is 4.26. The molecule has 0 amide bonds. The number of ether oxygens (including phenoxy) is 1. The SMILES string of the molecule is CCc1cnc(CNS(=O)(=O)c2cc(N)ccc2OC)o1. The molecule has 0 saturated carbocycles. The van der Waals surface area contributed by atoms with Gasteiger partial charge in [0.2, 0.25) is 15.9 Å². The average molecular weight is 311 g/mol. The van der Waals surface area contributed by atoms with Gasteiger partial charge in [-0.2, -0.15) is 0 Å². The van der Waals surface area contributed by atoms with E-state index in [1.54, 1.807) is 12.3 Å². The first-order valence-electron chi connectivity index (χ1n) is 6.33. The number of oxazole rings is 1. The Labute approximate surface area is 123 Å². The number of aromatic nitrogens is 1. The lowest BCUT2D eigenvalue weighted by Gasteiger charge is -2.10. The second-order valence-electron chi connectivity index (χ2n) is 4.31. The van der Waals surface area contributed by atoms with Crippen molar-refractivity contribution in [1.82, 2.24) is 9.71 Å². The molecule has 0 aliphatic heterocycles. The van der Waals surface area contributed by atoms with E-state index in [1.807, 2.05) is 6.92 Å². The lowest BCUT2D eigenvalue weighted by atomic mass is 10.3. The third-order valence-electron chi connectivity index (χ3n) is 2.84. The van der Waals surface area contributed by atoms with Gasteiger partial charge in [-0.1, -0.05) is 6.92 Å². The van der Waals surface area contributed by atoms with Gasteiger partial charge >= 0.3 is 0 Å². The van der Waals surface area contributed by atoms with Crippen LogP contribution in [0.5, 0.6) is 5.75 Å². The van der Waals surface area contributed by atoms with Gasteiger partial charge in [0.05, 0.1) is 19.9 Å². The molecular formula is C13H17N3O4S. The quantitative estimate of drug-likeness (QED) is 0.779. The largest absolute Gasteiger partial charge is 0.495 e. The molecule has 0 fully saturated rings. The first-order chi connectivity index (χ1) is 9.96. The van der Waals surface area contributed by atoms with E-state index in [-0.39, 0.29) is 17.2 Å². The highest BCUT2D eigenvalue weighted by Gasteiger charge is 2.20. The van der Waals surface area contributed by atoms with Gasteiger partial charge in [0.1, 0.15) is 16.4 Å². The van der Waals surface area contributed by atoms with Crippen molar-refractivity contribution in [3.05, 3.63) is 36.0 Å². The summed E-state index contributed by atoms with van der Waals surface area (Å²) in [5.74, 6) is 1.22. The Balaban J connectivity index is 2.20. The second kappa shape index (κ2) is 6.15. The van der Waals surface area contributed by atoms with Gasteiger partial charge in [-0.25, -0.2) is 18.1 Å². The number of nitrogen functional groups attached to an aromatic ring is 1. The van der Waals surface area contributed by atoms with Gasteiger partial charge in [0.25, 0.3) is 0 Å². The number of nitrogens with one attached hydrogen (secondary N) is 1. The van der Waals surface area contributed by atoms with Crippen LogP contribution in [0, 0.1) is 0 Å². The Morgan fingerprint density at radius 1 is 1.43 bits per heavy atom. The Hall–Kier alpha value is -2.06. The Kier molecular flexibility index (Phi) is 4.49. The van der Waals surface area contributed by atoms with E-state index in [2.05, 4.69) is 9.71 Å². The number of nitrogens with zero attached hydrogens (tertiary/aromatic N) is 1. The summed E-state index contributed by atoms with van der Waals surface area (Å²) in [6.07, 6.45) is 2.27. The molecule has 0 saturated heterocycles. The van der Waals surface area contributed by atoms with Gasteiger partial charge in [0.15, 0.2) is 0 Å². The lowest BCUT2D eigenvalue weighted by molar-refractivity contribution is 0.402. The standard InChI is InChI=1S/C13H17N3O4S/c1-3-10-7-15-13(20-10)8-16-21(17,18)12-6-9(14)4-5-11(12)19-2/h4-7,16H,3,8,14H2,1-2H3. The molecule has 0 bridgehead atoms. The molecule has 8 heteroatoms. The van der Waals surface area contributed by atoms with Crippen molar-refractivity contribution in [3.63, 3.8) is 0 Å². The molecule has 7 nitrogen and oxygen atoms in total. The fourth-order valence-corrected chi connectivity index (χ4v) is 2.91.